The van der Waals surface area contributed by atoms with E-state index in [0.29, 0.717) is 19.3 Å². The molecule has 1 aliphatic carbocycles. The Labute approximate surface area is 276 Å². The van der Waals surface area contributed by atoms with Gasteiger partial charge in [0.1, 0.15) is 12.2 Å². The topological polar surface area (TPSA) is 196 Å². The molecule has 2 amide bonds. The number of halogens is 1. The Morgan fingerprint density at radius 1 is 1.02 bits per heavy atom. The van der Waals surface area contributed by atoms with Crippen molar-refractivity contribution in [2.24, 2.45) is 23.5 Å². The molecule has 1 rings (SSSR count). The van der Waals surface area contributed by atoms with Gasteiger partial charge in [-0.05, 0) is 44.8 Å². The molecule has 1 fully saturated rings. The average Bonchev–Trinajstić information content (AvgIpc) is 3.01. The molecule has 0 aromatic carbocycles. The molecule has 256 valence electrons. The van der Waals surface area contributed by atoms with E-state index in [1.165, 1.54) is 12.2 Å². The first-order valence-electron chi connectivity index (χ1n) is 15.5. The summed E-state index contributed by atoms with van der Waals surface area (Å²) in [6.07, 6.45) is 12.6. The van der Waals surface area contributed by atoms with E-state index in [4.69, 9.17) is 22.1 Å². The van der Waals surface area contributed by atoms with Crippen molar-refractivity contribution in [2.75, 3.05) is 0 Å². The number of carbonyl (C=O) groups is 4. The highest BCUT2D eigenvalue weighted by molar-refractivity contribution is 6.30. The first-order chi connectivity index (χ1) is 21.7. The minimum absolute atomic E-state index is 0.144. The van der Waals surface area contributed by atoms with Gasteiger partial charge in [-0.25, -0.2) is 4.79 Å². The number of amides is 2. The molecule has 1 aliphatic rings. The second-order valence-electron chi connectivity index (χ2n) is 11.5. The van der Waals surface area contributed by atoms with E-state index in [1.807, 2.05) is 13.8 Å². The van der Waals surface area contributed by atoms with Gasteiger partial charge >= 0.3 is 12.1 Å². The van der Waals surface area contributed by atoms with E-state index in [-0.39, 0.29) is 17.0 Å². The van der Waals surface area contributed by atoms with Gasteiger partial charge in [0.2, 0.25) is 5.91 Å². The summed E-state index contributed by atoms with van der Waals surface area (Å²) in [6.45, 7) is 6.84. The number of carboxylic acids is 1. The fourth-order valence-electron chi connectivity index (χ4n) is 4.79. The van der Waals surface area contributed by atoms with E-state index in [2.05, 4.69) is 5.32 Å². The highest BCUT2D eigenvalue weighted by atomic mass is 35.5. The van der Waals surface area contributed by atoms with Crippen LogP contribution in [0.5, 0.6) is 0 Å². The van der Waals surface area contributed by atoms with E-state index in [9.17, 15) is 39.6 Å². The number of aliphatic hydroxyl groups is 3. The summed E-state index contributed by atoms with van der Waals surface area (Å²) in [5, 5.41) is 43.8. The number of primary amides is 1. The quantitative estimate of drug-likeness (QED) is 0.0706. The number of carboxylic acid groups (broad SMARTS) is 1. The van der Waals surface area contributed by atoms with Gasteiger partial charge in [0.15, 0.2) is 5.78 Å². The second kappa shape index (κ2) is 21.3. The number of nitrogens with two attached hydrogens (primary N) is 1. The number of carbonyl (C=O) groups excluding carboxylic acids is 3. The average molecular weight is 665 g/mol. The fourth-order valence-corrected chi connectivity index (χ4v) is 4.99. The molecule has 8 atom stereocenters. The number of ether oxygens (including phenoxy) is 1. The monoisotopic (exact) mass is 664 g/mol. The predicted molar refractivity (Wildman–Crippen MR) is 176 cm³/mol. The van der Waals surface area contributed by atoms with Crippen molar-refractivity contribution in [1.29, 1.82) is 0 Å². The Hall–Kier alpha value is -3.51. The minimum Gasteiger partial charge on any atom is -0.481 e. The van der Waals surface area contributed by atoms with Gasteiger partial charge in [-0.2, -0.15) is 0 Å². The summed E-state index contributed by atoms with van der Waals surface area (Å²) < 4.78 is 5.02. The summed E-state index contributed by atoms with van der Waals surface area (Å²) in [4.78, 5) is 47.2. The Morgan fingerprint density at radius 3 is 2.30 bits per heavy atom. The molecule has 0 aliphatic heterocycles. The molecular formula is C34H49ClN2O9. The number of aliphatic hydroxyl groups excluding tert-OH is 3. The molecule has 0 radical (unpaired) electrons. The summed E-state index contributed by atoms with van der Waals surface area (Å²) >= 11 is 6.31. The second-order valence-corrected chi connectivity index (χ2v) is 12.0. The number of Topliss-reactive ketones (excluding diaryl/α,β-unsaturated/α-hetero) is 1. The van der Waals surface area contributed by atoms with E-state index in [0.717, 1.165) is 18.4 Å². The molecule has 11 nitrogen and oxygen atoms in total. The molecule has 46 heavy (non-hydrogen) atoms. The summed E-state index contributed by atoms with van der Waals surface area (Å²) in [6, 6.07) is -0.144. The highest BCUT2D eigenvalue weighted by Crippen LogP contribution is 2.25. The molecule has 7 N–H and O–H groups in total. The molecule has 0 aromatic rings. The first kappa shape index (κ1) is 40.5. The summed E-state index contributed by atoms with van der Waals surface area (Å²) in [5.41, 5.74) is 5.97. The van der Waals surface area contributed by atoms with E-state index < -0.39 is 66.4 Å². The van der Waals surface area contributed by atoms with Crippen molar-refractivity contribution in [3.05, 3.63) is 71.4 Å². The molecule has 0 bridgehead atoms. The predicted octanol–water partition coefficient (Wildman–Crippen LogP) is 4.23. The van der Waals surface area contributed by atoms with Gasteiger partial charge in [-0.15, -0.1) is 0 Å². The highest BCUT2D eigenvalue weighted by Gasteiger charge is 2.34. The number of allylic oxidation sites excluding steroid dienone is 9. The van der Waals surface area contributed by atoms with Gasteiger partial charge in [0, 0.05) is 35.4 Å². The maximum absolute atomic E-state index is 12.6. The molecule has 1 saturated carbocycles. The lowest BCUT2D eigenvalue weighted by molar-refractivity contribution is -0.143. The lowest BCUT2D eigenvalue weighted by Crippen LogP contribution is -2.42. The van der Waals surface area contributed by atoms with Crippen LogP contribution in [0.25, 0.3) is 0 Å². The van der Waals surface area contributed by atoms with Crippen LogP contribution in [0.2, 0.25) is 0 Å². The third-order valence-corrected chi connectivity index (χ3v) is 8.23. The standard InChI is InChI=1S/C34H49ClN2O9/c1-5-6-17-29(46-34(36)45)23(4)27(38)20-28(39)32(42)31(41)22(3)26(35)16-9-7-12-21(2)13-8-10-18-30(40)37-25-15-11-14-24(19-25)33(43)44/h6-10,12-13,16-18,22-25,27,29,31-32,38,41-42H,5,11,14-15,19-20H2,1-4H3,(H2,36,45)(H,37,40)(H,43,44)/b9-7+,13-8+,17-6+,18-10+,21-12+,26-16-/t22-,23+,24+,25+,27-,29-,31-,32-/m1/s1. The molecular weight excluding hydrogens is 616 g/mol. The van der Waals surface area contributed by atoms with Crippen LogP contribution in [0.1, 0.15) is 66.2 Å². The maximum Gasteiger partial charge on any atom is 0.405 e. The summed E-state index contributed by atoms with van der Waals surface area (Å²) in [7, 11) is 0. The third kappa shape index (κ3) is 15.2. The van der Waals surface area contributed by atoms with Gasteiger partial charge in [0.05, 0.1) is 18.1 Å². The normalized spacial score (nSPS) is 22.1. The molecule has 0 unspecified atom stereocenters. The van der Waals surface area contributed by atoms with E-state index >= 15 is 0 Å². The number of hydrogen-bond acceptors (Lipinski definition) is 8. The van der Waals surface area contributed by atoms with Crippen molar-refractivity contribution >= 4 is 35.4 Å². The maximum atomic E-state index is 12.6. The molecule has 0 spiro atoms. The summed E-state index contributed by atoms with van der Waals surface area (Å²) in [5.74, 6) is -3.83. The van der Waals surface area contributed by atoms with Crippen molar-refractivity contribution in [3.8, 4) is 0 Å². The third-order valence-electron chi connectivity index (χ3n) is 7.76. The van der Waals surface area contributed by atoms with Crippen LogP contribution in [0.3, 0.4) is 0 Å². The number of hydrogen-bond donors (Lipinski definition) is 6. The van der Waals surface area contributed by atoms with Gasteiger partial charge in [0.25, 0.3) is 0 Å². The van der Waals surface area contributed by atoms with Gasteiger partial charge in [-0.1, -0.05) is 86.9 Å². The van der Waals surface area contributed by atoms with Crippen LogP contribution in [-0.2, 0) is 19.1 Å². The minimum atomic E-state index is -1.81. The fraction of sp³-hybridized carbons (Fsp3) is 0.529. The molecule has 0 heterocycles. The van der Waals surface area contributed by atoms with Crippen LogP contribution in [-0.4, -0.2) is 74.6 Å². The van der Waals surface area contributed by atoms with Crippen LogP contribution in [0.15, 0.2) is 71.4 Å². The van der Waals surface area contributed by atoms with Crippen LogP contribution in [0.4, 0.5) is 4.79 Å². The zero-order valence-corrected chi connectivity index (χ0v) is 27.7. The lowest BCUT2D eigenvalue weighted by Gasteiger charge is -2.27. The van der Waals surface area contributed by atoms with Crippen molar-refractivity contribution in [2.45, 2.75) is 96.7 Å². The Kier molecular flexibility index (Phi) is 18.8. The van der Waals surface area contributed by atoms with Crippen LogP contribution < -0.4 is 11.1 Å². The molecule has 0 aromatic heterocycles. The SMILES string of the molecule is CC/C=C/[C@@H](OC(N)=O)[C@@H](C)[C@H](O)CC(=O)[C@@H](O)[C@H](O)[C@H](C)/C(Cl)=C/C=C/C=C(C)/C=C/C=C/C(=O)N[C@H]1CCC[C@H](C(=O)O)C1. The van der Waals surface area contributed by atoms with Crippen molar-refractivity contribution in [3.63, 3.8) is 0 Å². The zero-order valence-electron chi connectivity index (χ0n) is 26.9. The number of aliphatic carboxylic acids is 1. The van der Waals surface area contributed by atoms with Crippen molar-refractivity contribution < 1.29 is 44.3 Å². The zero-order chi connectivity index (χ0) is 34.8. The van der Waals surface area contributed by atoms with Crippen LogP contribution in [0, 0.1) is 17.8 Å². The van der Waals surface area contributed by atoms with Gasteiger partial charge in [-0.3, -0.25) is 14.4 Å². The van der Waals surface area contributed by atoms with Crippen LogP contribution >= 0.6 is 11.6 Å². The Morgan fingerprint density at radius 2 is 1.67 bits per heavy atom. The molecule has 0 saturated heterocycles. The Balaban J connectivity index is 2.63. The first-order valence-corrected chi connectivity index (χ1v) is 15.8. The molecule has 12 heteroatoms. The van der Waals surface area contributed by atoms with E-state index in [1.54, 1.807) is 62.5 Å². The lowest BCUT2D eigenvalue weighted by atomic mass is 9.86. The largest absolute Gasteiger partial charge is 0.481 e. The number of rotatable bonds is 18. The van der Waals surface area contributed by atoms with Crippen molar-refractivity contribution in [1.82, 2.24) is 5.32 Å². The number of nitrogens with one attached hydrogen (secondary N) is 1. The smallest absolute Gasteiger partial charge is 0.405 e. The van der Waals surface area contributed by atoms with Gasteiger partial charge < -0.3 is 36.2 Å². The number of ketones is 1. The Bertz CT molecular complexity index is 1210.